The van der Waals surface area contributed by atoms with Crippen molar-refractivity contribution < 1.29 is 9.59 Å². The second-order valence-corrected chi connectivity index (χ2v) is 5.50. The molecule has 1 saturated heterocycles. The van der Waals surface area contributed by atoms with Gasteiger partial charge in [-0.1, -0.05) is 29.8 Å². The molecule has 0 radical (unpaired) electrons. The van der Waals surface area contributed by atoms with Crippen LogP contribution in [-0.2, 0) is 16.1 Å². The largest absolute Gasteiger partial charge is 0.352 e. The number of carbonyl (C=O) groups is 2. The molecule has 0 bridgehead atoms. The van der Waals surface area contributed by atoms with Crippen LogP contribution in [0.15, 0.2) is 24.3 Å². The van der Waals surface area contributed by atoms with Gasteiger partial charge in [0.25, 0.3) is 0 Å². The minimum absolute atomic E-state index is 0.0772. The summed E-state index contributed by atoms with van der Waals surface area (Å²) < 4.78 is 0. The van der Waals surface area contributed by atoms with Crippen LogP contribution in [0.2, 0.25) is 0 Å². The molecule has 1 fully saturated rings. The maximum absolute atomic E-state index is 11.8. The maximum Gasteiger partial charge on any atom is 0.221 e. The fourth-order valence-corrected chi connectivity index (χ4v) is 2.35. The topological polar surface area (TPSA) is 52.7 Å². The number of nitrogens with one attached hydrogen (secondary N) is 1. The zero-order valence-corrected chi connectivity index (χ0v) is 12.5. The lowest BCUT2D eigenvalue weighted by molar-refractivity contribution is -0.123. The van der Waals surface area contributed by atoms with Gasteiger partial charge in [0.1, 0.15) is 0 Å². The van der Waals surface area contributed by atoms with Crippen LogP contribution in [0.4, 0.5) is 0 Å². The number of benzene rings is 1. The average Bonchev–Trinajstić information content (AvgIpc) is 2.53. The molecule has 0 saturated carbocycles. The Bertz CT molecular complexity index is 465. The zero-order valence-electron chi connectivity index (χ0n) is 12.5. The standard InChI is InChI=1S/C16H23N3O2/c1-14-2-4-15(5-3-14)12-17-16(21)6-7-18-8-10-19(13-20)11-9-18/h2-5,13H,6-12H2,1H3,(H,17,21). The highest BCUT2D eigenvalue weighted by Crippen LogP contribution is 2.03. The van der Waals surface area contributed by atoms with Gasteiger partial charge in [-0.25, -0.2) is 0 Å². The maximum atomic E-state index is 11.8. The van der Waals surface area contributed by atoms with Gasteiger partial charge in [-0.3, -0.25) is 14.5 Å². The van der Waals surface area contributed by atoms with E-state index in [0.29, 0.717) is 13.0 Å². The van der Waals surface area contributed by atoms with E-state index in [1.54, 1.807) is 4.90 Å². The SMILES string of the molecule is Cc1ccc(CNC(=O)CCN2CCN(C=O)CC2)cc1. The Kier molecular flexibility index (Phi) is 5.75. The molecule has 0 spiro atoms. The Hall–Kier alpha value is -1.88. The first-order valence-electron chi connectivity index (χ1n) is 7.41. The van der Waals surface area contributed by atoms with Crippen molar-refractivity contribution in [1.82, 2.24) is 15.1 Å². The summed E-state index contributed by atoms with van der Waals surface area (Å²) in [6, 6.07) is 8.17. The molecule has 21 heavy (non-hydrogen) atoms. The number of piperazine rings is 1. The summed E-state index contributed by atoms with van der Waals surface area (Å²) in [5.41, 5.74) is 2.34. The third-order valence-electron chi connectivity index (χ3n) is 3.82. The lowest BCUT2D eigenvalue weighted by Gasteiger charge is -2.32. The molecule has 5 heteroatoms. The van der Waals surface area contributed by atoms with E-state index in [0.717, 1.165) is 44.7 Å². The van der Waals surface area contributed by atoms with Gasteiger partial charge in [-0.15, -0.1) is 0 Å². The molecule has 5 nitrogen and oxygen atoms in total. The van der Waals surface area contributed by atoms with Crippen molar-refractivity contribution in [3.63, 3.8) is 0 Å². The summed E-state index contributed by atoms with van der Waals surface area (Å²) >= 11 is 0. The smallest absolute Gasteiger partial charge is 0.221 e. The number of nitrogens with zero attached hydrogens (tertiary/aromatic N) is 2. The molecule has 114 valence electrons. The number of rotatable bonds is 6. The molecule has 1 aliphatic rings. The van der Waals surface area contributed by atoms with Crippen LogP contribution in [0, 0.1) is 6.92 Å². The molecule has 1 aliphatic heterocycles. The molecule has 0 aliphatic carbocycles. The molecule has 1 aromatic carbocycles. The average molecular weight is 289 g/mol. The van der Waals surface area contributed by atoms with E-state index in [1.165, 1.54) is 5.56 Å². The minimum Gasteiger partial charge on any atom is -0.352 e. The first-order chi connectivity index (χ1) is 10.2. The lowest BCUT2D eigenvalue weighted by atomic mass is 10.1. The number of aryl methyl sites for hydroxylation is 1. The third kappa shape index (κ3) is 5.19. The van der Waals surface area contributed by atoms with Crippen molar-refractivity contribution in [1.29, 1.82) is 0 Å². The van der Waals surface area contributed by atoms with E-state index in [1.807, 2.05) is 31.2 Å². The van der Waals surface area contributed by atoms with E-state index >= 15 is 0 Å². The predicted octanol–water partition coefficient (Wildman–Crippen LogP) is 0.775. The summed E-state index contributed by atoms with van der Waals surface area (Å²) in [4.78, 5) is 26.5. The van der Waals surface area contributed by atoms with Crippen LogP contribution in [-0.4, -0.2) is 54.8 Å². The van der Waals surface area contributed by atoms with Crippen LogP contribution in [0.1, 0.15) is 17.5 Å². The van der Waals surface area contributed by atoms with Gasteiger partial charge in [-0.05, 0) is 12.5 Å². The van der Waals surface area contributed by atoms with Crippen LogP contribution in [0.25, 0.3) is 0 Å². The van der Waals surface area contributed by atoms with E-state index < -0.39 is 0 Å². The van der Waals surface area contributed by atoms with Gasteiger partial charge < -0.3 is 10.2 Å². The van der Waals surface area contributed by atoms with Crippen molar-refractivity contribution in [2.45, 2.75) is 19.9 Å². The number of amides is 2. The first-order valence-corrected chi connectivity index (χ1v) is 7.41. The van der Waals surface area contributed by atoms with E-state index in [4.69, 9.17) is 0 Å². The van der Waals surface area contributed by atoms with E-state index in [-0.39, 0.29) is 5.91 Å². The fourth-order valence-electron chi connectivity index (χ4n) is 2.35. The van der Waals surface area contributed by atoms with Crippen LogP contribution in [0.3, 0.4) is 0 Å². The second kappa shape index (κ2) is 7.78. The van der Waals surface area contributed by atoms with Crippen molar-refractivity contribution in [3.8, 4) is 0 Å². The van der Waals surface area contributed by atoms with Gasteiger partial charge in [0.2, 0.25) is 12.3 Å². The van der Waals surface area contributed by atoms with Crippen molar-refractivity contribution in [2.24, 2.45) is 0 Å². The highest BCUT2D eigenvalue weighted by atomic mass is 16.1. The molecule has 0 atom stereocenters. The van der Waals surface area contributed by atoms with Crippen molar-refractivity contribution in [3.05, 3.63) is 35.4 Å². The van der Waals surface area contributed by atoms with Gasteiger partial charge >= 0.3 is 0 Å². The number of hydrogen-bond acceptors (Lipinski definition) is 3. The molecule has 0 unspecified atom stereocenters. The monoisotopic (exact) mass is 289 g/mol. The van der Waals surface area contributed by atoms with Gasteiger partial charge in [0, 0.05) is 45.7 Å². The normalized spacial score (nSPS) is 15.8. The Balaban J connectivity index is 1.63. The van der Waals surface area contributed by atoms with Crippen LogP contribution < -0.4 is 5.32 Å². The number of hydrogen-bond donors (Lipinski definition) is 1. The van der Waals surface area contributed by atoms with Gasteiger partial charge in [-0.2, -0.15) is 0 Å². The molecular weight excluding hydrogens is 266 g/mol. The van der Waals surface area contributed by atoms with Crippen molar-refractivity contribution >= 4 is 12.3 Å². The van der Waals surface area contributed by atoms with E-state index in [2.05, 4.69) is 10.2 Å². The van der Waals surface area contributed by atoms with Crippen molar-refractivity contribution in [2.75, 3.05) is 32.7 Å². The molecule has 2 amide bonds. The Morgan fingerprint density at radius 3 is 2.48 bits per heavy atom. The number of carbonyl (C=O) groups excluding carboxylic acids is 2. The molecule has 1 aromatic rings. The summed E-state index contributed by atoms with van der Waals surface area (Å²) in [5, 5.41) is 2.95. The Morgan fingerprint density at radius 1 is 1.19 bits per heavy atom. The van der Waals surface area contributed by atoms with Crippen LogP contribution >= 0.6 is 0 Å². The quantitative estimate of drug-likeness (QED) is 0.787. The van der Waals surface area contributed by atoms with Crippen LogP contribution in [0.5, 0.6) is 0 Å². The summed E-state index contributed by atoms with van der Waals surface area (Å²) in [7, 11) is 0. The summed E-state index contributed by atoms with van der Waals surface area (Å²) in [6.07, 6.45) is 1.40. The highest BCUT2D eigenvalue weighted by Gasteiger charge is 2.15. The predicted molar refractivity (Wildman–Crippen MR) is 81.7 cm³/mol. The van der Waals surface area contributed by atoms with Gasteiger partial charge in [0.05, 0.1) is 0 Å². The molecule has 2 rings (SSSR count). The highest BCUT2D eigenvalue weighted by molar-refractivity contribution is 5.76. The van der Waals surface area contributed by atoms with E-state index in [9.17, 15) is 9.59 Å². The van der Waals surface area contributed by atoms with Gasteiger partial charge in [0.15, 0.2) is 0 Å². The lowest BCUT2D eigenvalue weighted by Crippen LogP contribution is -2.46. The second-order valence-electron chi connectivity index (χ2n) is 5.50. The summed E-state index contributed by atoms with van der Waals surface area (Å²) in [6.45, 7) is 6.61. The molecule has 1 N–H and O–H groups in total. The summed E-state index contributed by atoms with van der Waals surface area (Å²) in [5.74, 6) is 0.0772. The molecule has 0 aromatic heterocycles. The zero-order chi connectivity index (χ0) is 15.1. The fraction of sp³-hybridized carbons (Fsp3) is 0.500. The molecular formula is C16H23N3O2. The Labute approximate surface area is 125 Å². The third-order valence-corrected chi connectivity index (χ3v) is 3.82. The first kappa shape index (κ1) is 15.5. The minimum atomic E-state index is 0.0772. The molecule has 1 heterocycles. The Morgan fingerprint density at radius 2 is 1.86 bits per heavy atom.